The molecule has 0 aromatic heterocycles. The van der Waals surface area contributed by atoms with Crippen LogP contribution in [0.4, 0.5) is 0 Å². The maximum atomic E-state index is 12.4. The van der Waals surface area contributed by atoms with Gasteiger partial charge in [-0.3, -0.25) is 0 Å². The van der Waals surface area contributed by atoms with Gasteiger partial charge >= 0.3 is 5.91 Å². The van der Waals surface area contributed by atoms with Gasteiger partial charge in [0.2, 0.25) is 0 Å². The summed E-state index contributed by atoms with van der Waals surface area (Å²) in [7, 11) is 0. The summed E-state index contributed by atoms with van der Waals surface area (Å²) in [6.07, 6.45) is 1.95. The van der Waals surface area contributed by atoms with Crippen LogP contribution >= 0.6 is 0 Å². The highest BCUT2D eigenvalue weighted by Crippen LogP contribution is 2.25. The second-order valence-corrected chi connectivity index (χ2v) is 4.69. The fraction of sp³-hybridized carbons (Fsp3) is 0.214. The Morgan fingerprint density at radius 1 is 1.28 bits per heavy atom. The number of rotatable bonds is 1. The number of hydrogen-bond donors (Lipinski definition) is 1. The van der Waals surface area contributed by atoms with Crippen molar-refractivity contribution < 1.29 is 14.9 Å². The third-order valence-electron chi connectivity index (χ3n) is 3.46. The average Bonchev–Trinajstić information content (AvgIpc) is 2.79. The van der Waals surface area contributed by atoms with Crippen LogP contribution in [-0.2, 0) is 4.79 Å². The Morgan fingerprint density at radius 3 is 2.56 bits per heavy atom. The summed E-state index contributed by atoms with van der Waals surface area (Å²) >= 11 is 0. The predicted molar refractivity (Wildman–Crippen MR) is 64.4 cm³/mol. The zero-order valence-corrected chi connectivity index (χ0v) is 10.3. The standard InChI is InChI=1S/C14H14N2O2/c1-9-8-10(2)16-14(18)12(13(17)15(9)16)11-6-4-3-5-7-11/h3-9,18H,1-2H3. The third-order valence-corrected chi connectivity index (χ3v) is 3.46. The van der Waals surface area contributed by atoms with E-state index in [1.807, 2.05) is 38.1 Å². The summed E-state index contributed by atoms with van der Waals surface area (Å²) in [5, 5.41) is 14.5. The third kappa shape index (κ3) is 1.32. The SMILES string of the molecule is CC1=CC(C)[NH+]2C(=O)C(c3ccccc3)=C([O-])N12. The number of carbonyl (C=O) groups is 1. The number of carbonyl (C=O) groups excluding carboxylic acids is 1. The molecule has 0 aliphatic carbocycles. The summed E-state index contributed by atoms with van der Waals surface area (Å²) in [6.45, 7) is 3.81. The van der Waals surface area contributed by atoms with Crippen molar-refractivity contribution in [2.45, 2.75) is 19.9 Å². The maximum absolute atomic E-state index is 12.4. The van der Waals surface area contributed by atoms with E-state index in [1.165, 1.54) is 0 Å². The van der Waals surface area contributed by atoms with Crippen LogP contribution in [0.2, 0.25) is 0 Å². The van der Waals surface area contributed by atoms with Gasteiger partial charge in [0.25, 0.3) is 0 Å². The largest absolute Gasteiger partial charge is 0.856 e. The molecule has 3 rings (SSSR count). The first-order valence-corrected chi connectivity index (χ1v) is 5.98. The molecule has 4 heteroatoms. The molecule has 0 radical (unpaired) electrons. The molecule has 1 aromatic carbocycles. The van der Waals surface area contributed by atoms with E-state index in [0.29, 0.717) is 16.1 Å². The molecule has 2 heterocycles. The Kier molecular flexibility index (Phi) is 2.28. The molecule has 0 spiro atoms. The molecule has 2 aliphatic rings. The van der Waals surface area contributed by atoms with Crippen LogP contribution in [0.1, 0.15) is 19.4 Å². The van der Waals surface area contributed by atoms with Crippen LogP contribution in [0, 0.1) is 0 Å². The van der Waals surface area contributed by atoms with Crippen LogP contribution in [0.25, 0.3) is 5.57 Å². The minimum absolute atomic E-state index is 0.0164. The Labute approximate surface area is 105 Å². The highest BCUT2D eigenvalue weighted by molar-refractivity contribution is 6.16. The summed E-state index contributed by atoms with van der Waals surface area (Å²) in [5.74, 6) is -0.328. The normalized spacial score (nSPS) is 26.7. The lowest BCUT2D eigenvalue weighted by molar-refractivity contribution is -0.939. The van der Waals surface area contributed by atoms with Crippen molar-refractivity contribution in [3.05, 3.63) is 53.6 Å². The van der Waals surface area contributed by atoms with Crippen LogP contribution in [0.3, 0.4) is 0 Å². The zero-order valence-electron chi connectivity index (χ0n) is 10.3. The number of quaternary nitrogens is 1. The number of amides is 1. The first-order valence-electron chi connectivity index (χ1n) is 5.98. The monoisotopic (exact) mass is 242 g/mol. The van der Waals surface area contributed by atoms with Gasteiger partial charge in [0.15, 0.2) is 0 Å². The van der Waals surface area contributed by atoms with E-state index in [2.05, 4.69) is 0 Å². The van der Waals surface area contributed by atoms with Gasteiger partial charge < -0.3 is 5.11 Å². The Hall–Kier alpha value is -2.07. The quantitative estimate of drug-likeness (QED) is 0.733. The fourth-order valence-electron chi connectivity index (χ4n) is 2.68. The number of fused-ring (bicyclic) bond motifs is 1. The Morgan fingerprint density at radius 2 is 1.94 bits per heavy atom. The predicted octanol–water partition coefficient (Wildman–Crippen LogP) is -0.337. The summed E-state index contributed by atoms with van der Waals surface area (Å²) in [6, 6.07) is 9.17. The molecule has 0 saturated carbocycles. The molecule has 92 valence electrons. The molecule has 0 saturated heterocycles. The highest BCUT2D eigenvalue weighted by Gasteiger charge is 2.46. The molecule has 4 nitrogen and oxygen atoms in total. The van der Waals surface area contributed by atoms with Gasteiger partial charge in [-0.2, -0.15) is 5.01 Å². The topological polar surface area (TPSA) is 47.8 Å². The molecule has 1 amide bonds. The lowest BCUT2D eigenvalue weighted by Crippen LogP contribution is -3.19. The van der Waals surface area contributed by atoms with Crippen molar-refractivity contribution in [1.29, 1.82) is 0 Å². The van der Waals surface area contributed by atoms with Crippen LogP contribution in [0.15, 0.2) is 48.0 Å². The van der Waals surface area contributed by atoms with Crippen molar-refractivity contribution in [2.75, 3.05) is 0 Å². The fourth-order valence-corrected chi connectivity index (χ4v) is 2.68. The summed E-state index contributed by atoms with van der Waals surface area (Å²) in [5.41, 5.74) is 1.85. The van der Waals surface area contributed by atoms with E-state index in [1.54, 1.807) is 17.1 Å². The van der Waals surface area contributed by atoms with Crippen LogP contribution in [-0.4, -0.2) is 17.0 Å². The first-order chi connectivity index (χ1) is 8.61. The first kappa shape index (κ1) is 11.0. The molecule has 2 atom stereocenters. The minimum atomic E-state index is -0.195. The number of nitrogens with zero attached hydrogens (tertiary/aromatic N) is 1. The van der Waals surface area contributed by atoms with Crippen molar-refractivity contribution in [2.24, 2.45) is 0 Å². The van der Waals surface area contributed by atoms with Crippen molar-refractivity contribution in [3.63, 3.8) is 0 Å². The van der Waals surface area contributed by atoms with Gasteiger partial charge in [0.05, 0.1) is 5.70 Å². The van der Waals surface area contributed by atoms with Crippen molar-refractivity contribution in [3.8, 4) is 0 Å². The average molecular weight is 242 g/mol. The maximum Gasteiger partial charge on any atom is 0.370 e. The van der Waals surface area contributed by atoms with E-state index in [4.69, 9.17) is 0 Å². The highest BCUT2D eigenvalue weighted by atomic mass is 16.3. The van der Waals surface area contributed by atoms with Gasteiger partial charge in [0.1, 0.15) is 11.6 Å². The molecule has 2 aliphatic heterocycles. The summed E-state index contributed by atoms with van der Waals surface area (Å²) in [4.78, 5) is 12.4. The van der Waals surface area contributed by atoms with E-state index >= 15 is 0 Å². The second kappa shape index (κ2) is 3.71. The number of benzene rings is 1. The lowest BCUT2D eigenvalue weighted by Gasteiger charge is -2.25. The second-order valence-electron chi connectivity index (χ2n) is 4.69. The lowest BCUT2D eigenvalue weighted by atomic mass is 10.1. The van der Waals surface area contributed by atoms with Crippen LogP contribution in [0.5, 0.6) is 0 Å². The number of nitrogens with one attached hydrogen (secondary N) is 1. The van der Waals surface area contributed by atoms with Crippen molar-refractivity contribution in [1.82, 2.24) is 5.01 Å². The van der Waals surface area contributed by atoms with E-state index in [-0.39, 0.29) is 17.8 Å². The van der Waals surface area contributed by atoms with Crippen LogP contribution < -0.4 is 10.1 Å². The van der Waals surface area contributed by atoms with Crippen molar-refractivity contribution >= 4 is 11.5 Å². The Bertz CT molecular complexity index is 575. The molecule has 1 N–H and O–H groups in total. The molecule has 2 unspecified atom stereocenters. The Balaban J connectivity index is 2.12. The van der Waals surface area contributed by atoms with E-state index in [9.17, 15) is 9.90 Å². The van der Waals surface area contributed by atoms with E-state index < -0.39 is 0 Å². The molecule has 0 fully saturated rings. The zero-order chi connectivity index (χ0) is 12.9. The molecule has 18 heavy (non-hydrogen) atoms. The van der Waals surface area contributed by atoms with Gasteiger partial charge in [-0.1, -0.05) is 30.3 Å². The summed E-state index contributed by atoms with van der Waals surface area (Å²) < 4.78 is 0. The number of hydrogen-bond acceptors (Lipinski definition) is 3. The molecule has 1 aromatic rings. The van der Waals surface area contributed by atoms with Gasteiger partial charge in [-0.05, 0) is 25.5 Å². The number of allylic oxidation sites excluding steroid dienone is 1. The molecule has 0 bridgehead atoms. The van der Waals surface area contributed by atoms with Gasteiger partial charge in [0, 0.05) is 5.88 Å². The molecular formula is C14H14N2O2. The minimum Gasteiger partial charge on any atom is -0.856 e. The van der Waals surface area contributed by atoms with Gasteiger partial charge in [-0.15, -0.1) is 0 Å². The van der Waals surface area contributed by atoms with Gasteiger partial charge in [-0.25, -0.2) is 9.80 Å². The smallest absolute Gasteiger partial charge is 0.370 e. The van der Waals surface area contributed by atoms with E-state index in [0.717, 1.165) is 5.70 Å². The molecular weight excluding hydrogens is 228 g/mol.